The molecule has 0 aromatic heterocycles. The summed E-state index contributed by atoms with van der Waals surface area (Å²) in [5.41, 5.74) is 0. The molecule has 15 heavy (non-hydrogen) atoms. The van der Waals surface area contributed by atoms with Gasteiger partial charge in [0.15, 0.2) is 9.84 Å². The molecule has 0 amide bonds. The van der Waals surface area contributed by atoms with Crippen LogP contribution in [0.3, 0.4) is 0 Å². The van der Waals surface area contributed by atoms with E-state index in [1.807, 2.05) is 0 Å². The Balaban J connectivity index is 2.91. The van der Waals surface area contributed by atoms with Crippen molar-refractivity contribution < 1.29 is 17.9 Å². The van der Waals surface area contributed by atoms with Crippen molar-refractivity contribution in [2.75, 3.05) is 6.26 Å². The lowest BCUT2D eigenvalue weighted by Gasteiger charge is -2.02. The normalized spacial score (nSPS) is 10.7. The van der Waals surface area contributed by atoms with Crippen LogP contribution in [-0.4, -0.2) is 20.6 Å². The van der Waals surface area contributed by atoms with Crippen LogP contribution in [0.4, 0.5) is 0 Å². The minimum atomic E-state index is -3.21. The Morgan fingerprint density at radius 3 is 2.27 bits per heavy atom. The standard InChI is InChI=1S/C10H10O4S/c1-3-10(11)14-8-4-6-9(7-5-8)15(2,12)13/h3-7H,1H2,2H3. The van der Waals surface area contributed by atoms with Crippen LogP contribution in [0.25, 0.3) is 0 Å². The molecule has 80 valence electrons. The highest BCUT2D eigenvalue weighted by Crippen LogP contribution is 2.15. The van der Waals surface area contributed by atoms with Crippen molar-refractivity contribution in [1.82, 2.24) is 0 Å². The summed E-state index contributed by atoms with van der Waals surface area (Å²) in [6.45, 7) is 3.24. The van der Waals surface area contributed by atoms with Crippen LogP contribution in [0.2, 0.25) is 0 Å². The van der Waals surface area contributed by atoms with E-state index in [0.29, 0.717) is 0 Å². The van der Waals surface area contributed by atoms with Gasteiger partial charge >= 0.3 is 5.97 Å². The highest BCUT2D eigenvalue weighted by Gasteiger charge is 2.07. The third-order valence-electron chi connectivity index (χ3n) is 1.64. The fraction of sp³-hybridized carbons (Fsp3) is 0.100. The van der Waals surface area contributed by atoms with E-state index in [9.17, 15) is 13.2 Å². The van der Waals surface area contributed by atoms with Crippen LogP contribution in [-0.2, 0) is 14.6 Å². The topological polar surface area (TPSA) is 60.4 Å². The molecule has 0 atom stereocenters. The van der Waals surface area contributed by atoms with E-state index >= 15 is 0 Å². The van der Waals surface area contributed by atoms with E-state index in [1.165, 1.54) is 24.3 Å². The van der Waals surface area contributed by atoms with E-state index in [0.717, 1.165) is 12.3 Å². The highest BCUT2D eigenvalue weighted by molar-refractivity contribution is 7.90. The molecular formula is C10H10O4S. The Hall–Kier alpha value is -1.62. The molecule has 5 heteroatoms. The van der Waals surface area contributed by atoms with Crippen molar-refractivity contribution in [1.29, 1.82) is 0 Å². The average Bonchev–Trinajstić information content (AvgIpc) is 2.17. The second-order valence-corrected chi connectivity index (χ2v) is 4.88. The van der Waals surface area contributed by atoms with E-state index < -0.39 is 15.8 Å². The molecule has 1 aromatic carbocycles. The summed E-state index contributed by atoms with van der Waals surface area (Å²) in [5, 5.41) is 0. The maximum atomic E-state index is 11.1. The molecule has 0 bridgehead atoms. The molecule has 0 N–H and O–H groups in total. The van der Waals surface area contributed by atoms with Gasteiger partial charge in [-0.25, -0.2) is 13.2 Å². The molecular weight excluding hydrogens is 216 g/mol. The number of benzene rings is 1. The van der Waals surface area contributed by atoms with E-state index in [1.54, 1.807) is 0 Å². The van der Waals surface area contributed by atoms with Gasteiger partial charge in [-0.05, 0) is 24.3 Å². The number of sulfone groups is 1. The first-order chi connectivity index (χ1) is 6.93. The van der Waals surface area contributed by atoms with Crippen molar-refractivity contribution in [2.24, 2.45) is 0 Å². The first-order valence-electron chi connectivity index (χ1n) is 4.08. The second-order valence-electron chi connectivity index (χ2n) is 2.87. The maximum Gasteiger partial charge on any atom is 0.335 e. The average molecular weight is 226 g/mol. The summed E-state index contributed by atoms with van der Waals surface area (Å²) < 4.78 is 27.0. The molecule has 0 unspecified atom stereocenters. The van der Waals surface area contributed by atoms with Crippen LogP contribution < -0.4 is 4.74 Å². The molecule has 0 saturated carbocycles. The molecule has 0 fully saturated rings. The van der Waals surface area contributed by atoms with Crippen LogP contribution in [0, 0.1) is 0 Å². The lowest BCUT2D eigenvalue weighted by atomic mass is 10.3. The van der Waals surface area contributed by atoms with Gasteiger partial charge in [-0.1, -0.05) is 6.58 Å². The largest absolute Gasteiger partial charge is 0.423 e. The molecule has 1 aromatic rings. The highest BCUT2D eigenvalue weighted by atomic mass is 32.2. The molecule has 0 heterocycles. The molecule has 0 aliphatic rings. The van der Waals surface area contributed by atoms with Crippen molar-refractivity contribution in [3.05, 3.63) is 36.9 Å². The molecule has 0 aliphatic heterocycles. The zero-order chi connectivity index (χ0) is 11.5. The molecule has 0 aliphatic carbocycles. The Labute approximate surface area is 88.1 Å². The van der Waals surface area contributed by atoms with Crippen molar-refractivity contribution in [2.45, 2.75) is 4.90 Å². The summed E-state index contributed by atoms with van der Waals surface area (Å²) in [6, 6.07) is 5.58. The van der Waals surface area contributed by atoms with Crippen molar-refractivity contribution >= 4 is 15.8 Å². The third-order valence-corrected chi connectivity index (χ3v) is 2.77. The number of esters is 1. The zero-order valence-corrected chi connectivity index (χ0v) is 8.95. The van der Waals surface area contributed by atoms with Crippen LogP contribution >= 0.6 is 0 Å². The Morgan fingerprint density at radius 2 is 1.87 bits per heavy atom. The predicted octanol–water partition coefficient (Wildman–Crippen LogP) is 1.18. The summed E-state index contributed by atoms with van der Waals surface area (Å²) >= 11 is 0. The number of hydrogen-bond donors (Lipinski definition) is 0. The first-order valence-corrected chi connectivity index (χ1v) is 5.97. The molecule has 0 spiro atoms. The fourth-order valence-electron chi connectivity index (χ4n) is 0.913. The van der Waals surface area contributed by atoms with Gasteiger partial charge in [-0.3, -0.25) is 0 Å². The van der Waals surface area contributed by atoms with Crippen molar-refractivity contribution in [3.8, 4) is 5.75 Å². The minimum absolute atomic E-state index is 0.181. The van der Waals surface area contributed by atoms with Gasteiger partial charge in [0.25, 0.3) is 0 Å². The smallest absolute Gasteiger partial charge is 0.335 e. The number of rotatable bonds is 3. The lowest BCUT2D eigenvalue weighted by Crippen LogP contribution is -2.03. The van der Waals surface area contributed by atoms with E-state index in [2.05, 4.69) is 6.58 Å². The van der Waals surface area contributed by atoms with E-state index in [4.69, 9.17) is 4.74 Å². The van der Waals surface area contributed by atoms with Gasteiger partial charge in [-0.2, -0.15) is 0 Å². The lowest BCUT2D eigenvalue weighted by molar-refractivity contribution is -0.128. The monoisotopic (exact) mass is 226 g/mol. The third kappa shape index (κ3) is 3.21. The molecule has 1 rings (SSSR count). The molecule has 4 nitrogen and oxygen atoms in total. The Kier molecular flexibility index (Phi) is 3.26. The second kappa shape index (κ2) is 4.27. The Morgan fingerprint density at radius 1 is 1.33 bits per heavy atom. The minimum Gasteiger partial charge on any atom is -0.423 e. The van der Waals surface area contributed by atoms with Gasteiger partial charge in [0.1, 0.15) is 5.75 Å². The summed E-state index contributed by atoms with van der Waals surface area (Å²) in [7, 11) is -3.21. The van der Waals surface area contributed by atoms with Gasteiger partial charge in [0.05, 0.1) is 4.90 Å². The summed E-state index contributed by atoms with van der Waals surface area (Å²) in [5.74, 6) is -0.297. The molecule has 0 radical (unpaired) electrons. The SMILES string of the molecule is C=CC(=O)Oc1ccc(S(C)(=O)=O)cc1. The van der Waals surface area contributed by atoms with Crippen LogP contribution in [0.5, 0.6) is 5.75 Å². The summed E-state index contributed by atoms with van der Waals surface area (Å²) in [4.78, 5) is 11.0. The number of ether oxygens (including phenoxy) is 1. The molecule has 0 saturated heterocycles. The predicted molar refractivity (Wildman–Crippen MR) is 55.4 cm³/mol. The number of hydrogen-bond acceptors (Lipinski definition) is 4. The van der Waals surface area contributed by atoms with Gasteiger partial charge in [0, 0.05) is 12.3 Å². The number of carbonyl (C=O) groups is 1. The zero-order valence-electron chi connectivity index (χ0n) is 8.14. The first kappa shape index (κ1) is 11.5. The van der Waals surface area contributed by atoms with Crippen LogP contribution in [0.1, 0.15) is 0 Å². The van der Waals surface area contributed by atoms with Gasteiger partial charge < -0.3 is 4.74 Å². The summed E-state index contributed by atoms with van der Waals surface area (Å²) in [6.07, 6.45) is 2.14. The number of carbonyl (C=O) groups excluding carboxylic acids is 1. The quantitative estimate of drug-likeness (QED) is 0.441. The van der Waals surface area contributed by atoms with Gasteiger partial charge in [-0.15, -0.1) is 0 Å². The maximum absolute atomic E-state index is 11.1. The fourth-order valence-corrected chi connectivity index (χ4v) is 1.54. The van der Waals surface area contributed by atoms with Gasteiger partial charge in [0.2, 0.25) is 0 Å². The van der Waals surface area contributed by atoms with Crippen LogP contribution in [0.15, 0.2) is 41.8 Å². The van der Waals surface area contributed by atoms with Crippen molar-refractivity contribution in [3.63, 3.8) is 0 Å². The Bertz CT molecular complexity index is 471. The van der Waals surface area contributed by atoms with E-state index in [-0.39, 0.29) is 10.6 Å².